The zero-order chi connectivity index (χ0) is 14.5. The number of nitrogens with one attached hydrogen (secondary N) is 1. The van der Waals surface area contributed by atoms with Gasteiger partial charge in [-0.25, -0.2) is 9.78 Å². The van der Waals surface area contributed by atoms with Crippen LogP contribution in [0.4, 0.5) is 0 Å². The number of aryl methyl sites for hydroxylation is 2. The first-order valence-corrected chi connectivity index (χ1v) is 7.22. The minimum atomic E-state index is -0.307. The lowest BCUT2D eigenvalue weighted by atomic mass is 10.1. The van der Waals surface area contributed by atoms with Crippen LogP contribution < -0.4 is 5.32 Å². The molecule has 0 bridgehead atoms. The first kappa shape index (κ1) is 14.7. The van der Waals surface area contributed by atoms with E-state index in [4.69, 9.17) is 0 Å². The molecule has 1 aromatic heterocycles. The smallest absolute Gasteiger partial charge is 0.337 e. The van der Waals surface area contributed by atoms with Crippen LogP contribution in [-0.2, 0) is 17.8 Å². The van der Waals surface area contributed by atoms with Gasteiger partial charge in [0, 0.05) is 18.0 Å². The molecule has 1 N–H and O–H groups in total. The number of thiazole rings is 1. The van der Waals surface area contributed by atoms with Gasteiger partial charge in [0.2, 0.25) is 0 Å². The van der Waals surface area contributed by atoms with Gasteiger partial charge in [-0.2, -0.15) is 0 Å². The van der Waals surface area contributed by atoms with E-state index in [1.807, 2.05) is 19.1 Å². The summed E-state index contributed by atoms with van der Waals surface area (Å²) in [6, 6.07) is 7.42. The summed E-state index contributed by atoms with van der Waals surface area (Å²) in [5.41, 5.74) is 2.81. The Bertz CT molecular complexity index is 590. The Balaban J connectivity index is 1.88. The molecule has 0 atom stereocenters. The van der Waals surface area contributed by atoms with Gasteiger partial charge in [0.15, 0.2) is 0 Å². The highest BCUT2D eigenvalue weighted by Gasteiger charge is 2.06. The Morgan fingerprint density at radius 1 is 1.25 bits per heavy atom. The summed E-state index contributed by atoms with van der Waals surface area (Å²) in [5, 5.41) is 4.46. The van der Waals surface area contributed by atoms with Gasteiger partial charge >= 0.3 is 5.97 Å². The number of nitrogens with zero attached hydrogens (tertiary/aromatic N) is 1. The molecule has 0 spiro atoms. The predicted molar refractivity (Wildman–Crippen MR) is 79.9 cm³/mol. The summed E-state index contributed by atoms with van der Waals surface area (Å²) in [5.74, 6) is -0.307. The lowest BCUT2D eigenvalue weighted by molar-refractivity contribution is 0.0600. The van der Waals surface area contributed by atoms with Gasteiger partial charge in [0.1, 0.15) is 0 Å². The van der Waals surface area contributed by atoms with Crippen molar-refractivity contribution in [2.75, 3.05) is 7.11 Å². The monoisotopic (exact) mass is 290 g/mol. The maximum absolute atomic E-state index is 11.3. The van der Waals surface area contributed by atoms with E-state index in [0.717, 1.165) is 29.4 Å². The summed E-state index contributed by atoms with van der Waals surface area (Å²) >= 11 is 1.72. The molecule has 1 aromatic carbocycles. The van der Waals surface area contributed by atoms with Gasteiger partial charge < -0.3 is 10.1 Å². The average molecular weight is 290 g/mol. The molecular formula is C15H18N2O2S. The molecule has 4 nitrogen and oxygen atoms in total. The van der Waals surface area contributed by atoms with Crippen LogP contribution in [0, 0.1) is 13.8 Å². The van der Waals surface area contributed by atoms with Crippen LogP contribution in [0.25, 0.3) is 0 Å². The Kier molecular flexibility index (Phi) is 4.87. The fourth-order valence-electron chi connectivity index (χ4n) is 1.94. The van der Waals surface area contributed by atoms with Crippen molar-refractivity contribution in [3.05, 3.63) is 51.0 Å². The van der Waals surface area contributed by atoms with E-state index in [1.54, 1.807) is 23.5 Å². The summed E-state index contributed by atoms with van der Waals surface area (Å²) in [7, 11) is 1.38. The lowest BCUT2D eigenvalue weighted by Crippen LogP contribution is -2.13. The highest BCUT2D eigenvalue weighted by Crippen LogP contribution is 2.16. The minimum absolute atomic E-state index is 0.307. The van der Waals surface area contributed by atoms with E-state index >= 15 is 0 Å². The number of hydrogen-bond donors (Lipinski definition) is 1. The molecule has 0 saturated heterocycles. The molecule has 0 aliphatic carbocycles. The molecule has 5 heteroatoms. The summed E-state index contributed by atoms with van der Waals surface area (Å²) in [4.78, 5) is 17.1. The molecule has 0 aliphatic rings. The molecule has 0 unspecified atom stereocenters. The number of carbonyl (C=O) groups excluding carboxylic acids is 1. The quantitative estimate of drug-likeness (QED) is 0.860. The molecule has 0 radical (unpaired) electrons. The molecule has 2 aromatic rings. The number of aromatic nitrogens is 1. The van der Waals surface area contributed by atoms with Crippen LogP contribution in [0.3, 0.4) is 0 Å². The number of esters is 1. The second-order valence-electron chi connectivity index (χ2n) is 4.53. The molecule has 1 heterocycles. The molecule has 20 heavy (non-hydrogen) atoms. The van der Waals surface area contributed by atoms with Gasteiger partial charge in [0.25, 0.3) is 0 Å². The third-order valence-corrected chi connectivity index (χ3v) is 3.92. The van der Waals surface area contributed by atoms with E-state index in [-0.39, 0.29) is 5.97 Å². The van der Waals surface area contributed by atoms with E-state index < -0.39 is 0 Å². The summed E-state index contributed by atoms with van der Waals surface area (Å²) in [6.45, 7) is 5.62. The van der Waals surface area contributed by atoms with E-state index in [0.29, 0.717) is 5.56 Å². The highest BCUT2D eigenvalue weighted by molar-refractivity contribution is 7.11. The van der Waals surface area contributed by atoms with Crippen molar-refractivity contribution in [3.63, 3.8) is 0 Å². The number of rotatable bonds is 5. The van der Waals surface area contributed by atoms with Crippen LogP contribution in [0.1, 0.15) is 31.5 Å². The molecule has 0 saturated carbocycles. The van der Waals surface area contributed by atoms with Crippen molar-refractivity contribution in [2.45, 2.75) is 26.9 Å². The topological polar surface area (TPSA) is 51.2 Å². The first-order chi connectivity index (χ1) is 9.60. The third kappa shape index (κ3) is 3.65. The van der Waals surface area contributed by atoms with Crippen LogP contribution in [-0.4, -0.2) is 18.1 Å². The van der Waals surface area contributed by atoms with E-state index in [2.05, 4.69) is 22.0 Å². The third-order valence-electron chi connectivity index (χ3n) is 3.00. The molecule has 0 aliphatic heterocycles. The molecular weight excluding hydrogens is 272 g/mol. The second kappa shape index (κ2) is 6.63. The minimum Gasteiger partial charge on any atom is -0.465 e. The van der Waals surface area contributed by atoms with Crippen molar-refractivity contribution in [3.8, 4) is 0 Å². The Hall–Kier alpha value is -1.72. The highest BCUT2D eigenvalue weighted by atomic mass is 32.1. The number of hydrogen-bond acceptors (Lipinski definition) is 5. The van der Waals surface area contributed by atoms with Crippen LogP contribution in [0.2, 0.25) is 0 Å². The maximum Gasteiger partial charge on any atom is 0.337 e. The lowest BCUT2D eigenvalue weighted by Gasteiger charge is -2.05. The number of methoxy groups -OCH3 is 1. The van der Waals surface area contributed by atoms with Gasteiger partial charge in [-0.05, 0) is 31.5 Å². The van der Waals surface area contributed by atoms with Crippen molar-refractivity contribution in [1.29, 1.82) is 0 Å². The predicted octanol–water partition coefficient (Wildman–Crippen LogP) is 2.84. The normalized spacial score (nSPS) is 10.6. The molecule has 2 rings (SSSR count). The molecule has 0 fully saturated rings. The standard InChI is InChI=1S/C15H18N2O2S/c1-10-14(17-11(2)20-10)9-16-8-12-4-6-13(7-5-12)15(18)19-3/h4-7,16H,8-9H2,1-3H3. The van der Waals surface area contributed by atoms with Gasteiger partial charge in [-0.3, -0.25) is 0 Å². The van der Waals surface area contributed by atoms with Gasteiger partial charge in [-0.15, -0.1) is 11.3 Å². The Morgan fingerprint density at radius 3 is 2.50 bits per heavy atom. The van der Waals surface area contributed by atoms with E-state index in [9.17, 15) is 4.79 Å². The average Bonchev–Trinajstić information content (AvgIpc) is 2.77. The second-order valence-corrected chi connectivity index (χ2v) is 5.94. The van der Waals surface area contributed by atoms with Crippen LogP contribution in [0.15, 0.2) is 24.3 Å². The zero-order valence-corrected chi connectivity index (χ0v) is 12.7. The maximum atomic E-state index is 11.3. The summed E-state index contributed by atoms with van der Waals surface area (Å²) < 4.78 is 4.67. The largest absolute Gasteiger partial charge is 0.465 e. The number of carbonyl (C=O) groups is 1. The van der Waals surface area contributed by atoms with E-state index in [1.165, 1.54) is 12.0 Å². The zero-order valence-electron chi connectivity index (χ0n) is 11.9. The van der Waals surface area contributed by atoms with Crippen molar-refractivity contribution >= 4 is 17.3 Å². The Morgan fingerprint density at radius 2 is 1.95 bits per heavy atom. The fraction of sp³-hybridized carbons (Fsp3) is 0.333. The van der Waals surface area contributed by atoms with Crippen molar-refractivity contribution in [1.82, 2.24) is 10.3 Å². The number of benzene rings is 1. The van der Waals surface area contributed by atoms with Gasteiger partial charge in [0.05, 0.1) is 23.4 Å². The first-order valence-electron chi connectivity index (χ1n) is 6.41. The van der Waals surface area contributed by atoms with Crippen molar-refractivity contribution < 1.29 is 9.53 Å². The fourth-order valence-corrected chi connectivity index (χ4v) is 2.77. The Labute approximate surface area is 122 Å². The van der Waals surface area contributed by atoms with Crippen LogP contribution >= 0.6 is 11.3 Å². The van der Waals surface area contributed by atoms with Crippen molar-refractivity contribution in [2.24, 2.45) is 0 Å². The van der Waals surface area contributed by atoms with Crippen LogP contribution in [0.5, 0.6) is 0 Å². The summed E-state index contributed by atoms with van der Waals surface area (Å²) in [6.07, 6.45) is 0. The molecule has 106 valence electrons. The SMILES string of the molecule is COC(=O)c1ccc(CNCc2nc(C)sc2C)cc1. The molecule has 0 amide bonds. The number of ether oxygens (including phenoxy) is 1. The van der Waals surface area contributed by atoms with Gasteiger partial charge in [-0.1, -0.05) is 12.1 Å².